The van der Waals surface area contributed by atoms with Crippen LogP contribution >= 0.6 is 15.9 Å². The van der Waals surface area contributed by atoms with E-state index in [0.717, 1.165) is 23.2 Å². The van der Waals surface area contributed by atoms with E-state index >= 15 is 0 Å². The fourth-order valence-corrected chi connectivity index (χ4v) is 2.29. The van der Waals surface area contributed by atoms with Gasteiger partial charge in [0.1, 0.15) is 5.82 Å². The minimum atomic E-state index is -0.137. The summed E-state index contributed by atoms with van der Waals surface area (Å²) in [5.41, 5.74) is 1.05. The minimum absolute atomic E-state index is 0.137. The van der Waals surface area contributed by atoms with Gasteiger partial charge in [-0.1, -0.05) is 36.7 Å². The summed E-state index contributed by atoms with van der Waals surface area (Å²) in [5.74, 6) is 0.525. The Morgan fingerprint density at radius 2 is 1.94 bits per heavy atom. The van der Waals surface area contributed by atoms with Gasteiger partial charge in [0, 0.05) is 17.6 Å². The second-order valence-electron chi connectivity index (χ2n) is 5.56. The minimum Gasteiger partial charge on any atom is -0.368 e. The van der Waals surface area contributed by atoms with E-state index in [4.69, 9.17) is 0 Å². The van der Waals surface area contributed by atoms with Gasteiger partial charge in [0.05, 0.1) is 5.69 Å². The molecule has 16 heavy (non-hydrogen) atoms. The smallest absolute Gasteiger partial charge is 0.147 e. The number of hydrogen-bond acceptors (Lipinski definition) is 1. The second-order valence-corrected chi connectivity index (χ2v) is 6.48. The highest BCUT2D eigenvalue weighted by molar-refractivity contribution is 9.10. The molecule has 1 aromatic carbocycles. The van der Waals surface area contributed by atoms with Crippen molar-refractivity contribution in [3.63, 3.8) is 0 Å². The maximum Gasteiger partial charge on any atom is 0.147 e. The molecule has 1 aromatic rings. The number of benzene rings is 1. The Kier molecular flexibility index (Phi) is 2.99. The average molecular weight is 286 g/mol. The lowest BCUT2D eigenvalue weighted by atomic mass is 9.76. The van der Waals surface area contributed by atoms with E-state index in [1.165, 1.54) is 6.07 Å². The van der Waals surface area contributed by atoms with Gasteiger partial charge in [-0.15, -0.1) is 0 Å². The highest BCUT2D eigenvalue weighted by Gasteiger charge is 2.36. The highest BCUT2D eigenvalue weighted by Crippen LogP contribution is 2.37. The third kappa shape index (κ3) is 2.24. The van der Waals surface area contributed by atoms with Gasteiger partial charge in [0.25, 0.3) is 0 Å². The van der Waals surface area contributed by atoms with E-state index in [0.29, 0.717) is 11.3 Å². The average Bonchev–Trinajstić information content (AvgIpc) is 2.03. The largest absolute Gasteiger partial charge is 0.368 e. The lowest BCUT2D eigenvalue weighted by molar-refractivity contribution is 0.194. The maximum atomic E-state index is 13.7. The van der Waals surface area contributed by atoms with Gasteiger partial charge in [0.2, 0.25) is 0 Å². The van der Waals surface area contributed by atoms with Gasteiger partial charge in [-0.2, -0.15) is 0 Å². The fourth-order valence-electron chi connectivity index (χ4n) is 1.96. The summed E-state index contributed by atoms with van der Waals surface area (Å²) in [7, 11) is 0. The molecule has 1 aliphatic heterocycles. The Balaban J connectivity index is 2.07. The van der Waals surface area contributed by atoms with Gasteiger partial charge >= 0.3 is 0 Å². The van der Waals surface area contributed by atoms with Crippen LogP contribution < -0.4 is 4.90 Å². The van der Waals surface area contributed by atoms with Crippen molar-refractivity contribution >= 4 is 21.6 Å². The molecule has 0 unspecified atom stereocenters. The summed E-state index contributed by atoms with van der Waals surface area (Å²) in [6.07, 6.45) is 0. The zero-order valence-corrected chi connectivity index (χ0v) is 11.5. The third-order valence-electron chi connectivity index (χ3n) is 3.36. The molecule has 1 heterocycles. The van der Waals surface area contributed by atoms with Crippen LogP contribution in [-0.2, 0) is 0 Å². The van der Waals surface area contributed by atoms with Crippen molar-refractivity contribution in [3.8, 4) is 0 Å². The van der Waals surface area contributed by atoms with E-state index in [1.807, 2.05) is 12.1 Å². The monoisotopic (exact) mass is 285 g/mol. The Labute approximate surface area is 105 Å². The van der Waals surface area contributed by atoms with Crippen LogP contribution in [0.15, 0.2) is 22.7 Å². The van der Waals surface area contributed by atoms with Crippen LogP contribution in [-0.4, -0.2) is 13.1 Å². The van der Waals surface area contributed by atoms with Crippen molar-refractivity contribution in [1.82, 2.24) is 0 Å². The van der Waals surface area contributed by atoms with Gasteiger partial charge in [-0.3, -0.25) is 0 Å². The molecule has 3 heteroatoms. The summed E-state index contributed by atoms with van der Waals surface area (Å²) < 4.78 is 14.5. The quantitative estimate of drug-likeness (QED) is 0.752. The zero-order chi connectivity index (χ0) is 11.9. The zero-order valence-electron chi connectivity index (χ0n) is 9.93. The Morgan fingerprint density at radius 1 is 1.31 bits per heavy atom. The molecule has 0 radical (unpaired) electrons. The van der Waals surface area contributed by atoms with E-state index in [1.54, 1.807) is 0 Å². The Bertz CT molecular complexity index is 391. The second kappa shape index (κ2) is 4.02. The van der Waals surface area contributed by atoms with Crippen LogP contribution in [0, 0.1) is 17.2 Å². The van der Waals surface area contributed by atoms with E-state index in [-0.39, 0.29) is 5.82 Å². The summed E-state index contributed by atoms with van der Waals surface area (Å²) in [5, 5.41) is 0. The lowest BCUT2D eigenvalue weighted by Gasteiger charge is -2.47. The van der Waals surface area contributed by atoms with Crippen molar-refractivity contribution in [2.75, 3.05) is 18.0 Å². The molecule has 0 saturated carbocycles. The summed E-state index contributed by atoms with van der Waals surface area (Å²) in [6, 6.07) is 5.26. The number of hydrogen-bond donors (Lipinski definition) is 0. The summed E-state index contributed by atoms with van der Waals surface area (Å²) in [6.45, 7) is 8.65. The van der Waals surface area contributed by atoms with Crippen LogP contribution in [0.4, 0.5) is 10.1 Å². The number of anilines is 1. The first kappa shape index (κ1) is 11.9. The molecule has 1 saturated heterocycles. The van der Waals surface area contributed by atoms with Gasteiger partial charge in [-0.05, 0) is 29.5 Å². The molecule has 1 nitrogen and oxygen atoms in total. The Hall–Kier alpha value is -0.570. The van der Waals surface area contributed by atoms with Crippen molar-refractivity contribution in [3.05, 3.63) is 28.5 Å². The first-order valence-corrected chi connectivity index (χ1v) is 6.37. The maximum absolute atomic E-state index is 13.7. The lowest BCUT2D eigenvalue weighted by Crippen LogP contribution is -2.52. The van der Waals surface area contributed by atoms with Crippen molar-refractivity contribution in [2.45, 2.75) is 20.8 Å². The van der Waals surface area contributed by atoms with Crippen LogP contribution in [0.25, 0.3) is 0 Å². The third-order valence-corrected chi connectivity index (χ3v) is 3.85. The molecule has 1 aliphatic rings. The van der Waals surface area contributed by atoms with Crippen LogP contribution in [0.5, 0.6) is 0 Å². The molecular formula is C13H17BrFN. The van der Waals surface area contributed by atoms with E-state index in [2.05, 4.69) is 41.6 Å². The molecule has 0 N–H and O–H groups in total. The SMILES string of the molecule is CC(C)(C)C1CN(c2ccc(Br)cc2F)C1. The predicted octanol–water partition coefficient (Wildman–Crippen LogP) is 4.07. The number of rotatable bonds is 1. The molecule has 0 aromatic heterocycles. The standard InChI is InChI=1S/C13H17BrFN/c1-13(2,3)9-7-16(8-9)12-5-4-10(14)6-11(12)15/h4-6,9H,7-8H2,1-3H3. The van der Waals surface area contributed by atoms with Crippen molar-refractivity contribution in [2.24, 2.45) is 11.3 Å². The van der Waals surface area contributed by atoms with E-state index in [9.17, 15) is 4.39 Å². The highest BCUT2D eigenvalue weighted by atomic mass is 79.9. The summed E-state index contributed by atoms with van der Waals surface area (Å²) >= 11 is 3.27. The first-order chi connectivity index (χ1) is 7.38. The molecule has 0 atom stereocenters. The topological polar surface area (TPSA) is 3.24 Å². The van der Waals surface area contributed by atoms with Gasteiger partial charge in [-0.25, -0.2) is 4.39 Å². The molecule has 1 fully saturated rings. The molecule has 0 amide bonds. The summed E-state index contributed by atoms with van der Waals surface area (Å²) in [4.78, 5) is 2.11. The fraction of sp³-hybridized carbons (Fsp3) is 0.538. The molecule has 88 valence electrons. The van der Waals surface area contributed by atoms with Crippen LogP contribution in [0.1, 0.15) is 20.8 Å². The van der Waals surface area contributed by atoms with E-state index < -0.39 is 0 Å². The van der Waals surface area contributed by atoms with Crippen LogP contribution in [0.3, 0.4) is 0 Å². The first-order valence-electron chi connectivity index (χ1n) is 5.58. The molecule has 0 bridgehead atoms. The van der Waals surface area contributed by atoms with Crippen molar-refractivity contribution < 1.29 is 4.39 Å². The molecule has 0 spiro atoms. The normalized spacial score (nSPS) is 17.4. The molecule has 0 aliphatic carbocycles. The van der Waals surface area contributed by atoms with Crippen LogP contribution in [0.2, 0.25) is 0 Å². The molecular weight excluding hydrogens is 269 g/mol. The Morgan fingerprint density at radius 3 is 2.44 bits per heavy atom. The number of halogens is 2. The van der Waals surface area contributed by atoms with Crippen molar-refractivity contribution in [1.29, 1.82) is 0 Å². The number of nitrogens with zero attached hydrogens (tertiary/aromatic N) is 1. The van der Waals surface area contributed by atoms with Gasteiger partial charge in [0.15, 0.2) is 0 Å². The van der Waals surface area contributed by atoms with Gasteiger partial charge < -0.3 is 4.90 Å². The predicted molar refractivity (Wildman–Crippen MR) is 69.3 cm³/mol. The molecule has 2 rings (SSSR count).